The molecule has 0 amide bonds. The molecule has 0 unspecified atom stereocenters. The van der Waals surface area contributed by atoms with Crippen LogP contribution in [0.3, 0.4) is 0 Å². The molecule has 0 aromatic rings. The first kappa shape index (κ1) is 6.92. The van der Waals surface area contributed by atoms with Gasteiger partial charge in [0.2, 0.25) is 0 Å². The van der Waals surface area contributed by atoms with Gasteiger partial charge in [0.05, 0.1) is 6.42 Å². The predicted octanol–water partition coefficient (Wildman–Crippen LogP) is 0.222. The molecule has 0 atom stereocenters. The van der Waals surface area contributed by atoms with E-state index in [0.29, 0.717) is 5.70 Å². The van der Waals surface area contributed by atoms with Crippen LogP contribution < -0.4 is 0 Å². The summed E-state index contributed by atoms with van der Waals surface area (Å²) >= 11 is 0. The van der Waals surface area contributed by atoms with Crippen LogP contribution in [0.1, 0.15) is 6.42 Å². The van der Waals surface area contributed by atoms with Crippen molar-refractivity contribution in [1.29, 1.82) is 0 Å². The average Bonchev–Trinajstić information content (AvgIpc) is 2.10. The number of aliphatic hydroxyl groups is 1. The number of hydrogen-bond donors (Lipinski definition) is 1. The maximum absolute atomic E-state index is 10.5. The van der Waals surface area contributed by atoms with E-state index in [-0.39, 0.29) is 12.4 Å². The number of rotatable bonds is 1. The summed E-state index contributed by atoms with van der Waals surface area (Å²) in [7, 11) is 3.49. The van der Waals surface area contributed by atoms with Crippen molar-refractivity contribution in [3.05, 3.63) is 11.6 Å². The van der Waals surface area contributed by atoms with E-state index < -0.39 is 5.97 Å². The molecule has 1 N–H and O–H groups in total. The van der Waals surface area contributed by atoms with Gasteiger partial charge in [-0.15, -0.1) is 0 Å². The van der Waals surface area contributed by atoms with Gasteiger partial charge >= 0.3 is 11.9 Å². The summed E-state index contributed by atoms with van der Waals surface area (Å²) in [5, 5.41) is 8.92. The summed E-state index contributed by atoms with van der Waals surface area (Å²) in [6, 6.07) is 0. The fourth-order valence-electron chi connectivity index (χ4n) is 0.765. The Morgan fingerprint density at radius 3 is 2.40 bits per heavy atom. The highest BCUT2D eigenvalue weighted by Crippen LogP contribution is 2.18. The van der Waals surface area contributed by atoms with Crippen molar-refractivity contribution in [2.45, 2.75) is 6.42 Å². The van der Waals surface area contributed by atoms with Crippen LogP contribution in [0.15, 0.2) is 11.6 Å². The van der Waals surface area contributed by atoms with E-state index in [1.165, 1.54) is 0 Å². The largest absolute Gasteiger partial charge is 0.479 e. The number of esters is 1. The minimum Gasteiger partial charge on any atom is -0.479 e. The lowest BCUT2D eigenvalue weighted by atomic mass is 10.3. The Morgan fingerprint density at radius 1 is 1.60 bits per heavy atom. The fourth-order valence-corrected chi connectivity index (χ4v) is 0.765. The number of aliphatic hydroxyl groups excluding tert-OH is 1. The second kappa shape index (κ2) is 2.21. The Hall–Kier alpha value is -1.19. The lowest BCUT2D eigenvalue weighted by Crippen LogP contribution is -2.11. The zero-order chi connectivity index (χ0) is 7.72. The highest BCUT2D eigenvalue weighted by Gasteiger charge is 2.24. The molecule has 0 fully saturated rings. The van der Waals surface area contributed by atoms with Crippen molar-refractivity contribution in [2.75, 3.05) is 14.1 Å². The van der Waals surface area contributed by atoms with Gasteiger partial charge in [-0.3, -0.25) is 4.79 Å². The molecule has 0 bridgehead atoms. The van der Waals surface area contributed by atoms with Crippen LogP contribution in [0.4, 0.5) is 0 Å². The highest BCUT2D eigenvalue weighted by atomic mass is 16.6. The molecule has 0 aromatic carbocycles. The van der Waals surface area contributed by atoms with Crippen molar-refractivity contribution in [3.8, 4) is 0 Å². The first-order chi connectivity index (χ1) is 4.61. The Bertz CT molecular complexity index is 195. The quantitative estimate of drug-likeness (QED) is 0.533. The van der Waals surface area contributed by atoms with Crippen LogP contribution in [0, 0.1) is 0 Å². The van der Waals surface area contributed by atoms with Gasteiger partial charge in [-0.25, -0.2) is 0 Å². The molecule has 10 heavy (non-hydrogen) atoms. The predicted molar refractivity (Wildman–Crippen MR) is 34.1 cm³/mol. The second-order valence-corrected chi connectivity index (χ2v) is 2.30. The first-order valence-corrected chi connectivity index (χ1v) is 2.91. The zero-order valence-corrected chi connectivity index (χ0v) is 5.92. The third-order valence-electron chi connectivity index (χ3n) is 1.31. The lowest BCUT2D eigenvalue weighted by Gasteiger charge is -2.09. The number of carbonyl (C=O) groups excluding carboxylic acids is 1. The Labute approximate surface area is 58.7 Å². The molecular weight excluding hydrogens is 134 g/mol. The van der Waals surface area contributed by atoms with Crippen molar-refractivity contribution < 1.29 is 14.6 Å². The van der Waals surface area contributed by atoms with Gasteiger partial charge in [0.25, 0.3) is 0 Å². The van der Waals surface area contributed by atoms with Gasteiger partial charge < -0.3 is 14.7 Å². The smallest absolute Gasteiger partial charge is 0.319 e. The van der Waals surface area contributed by atoms with Crippen molar-refractivity contribution in [3.63, 3.8) is 0 Å². The summed E-state index contributed by atoms with van der Waals surface area (Å²) in [5.74, 6) is -0.670. The van der Waals surface area contributed by atoms with E-state index in [1.54, 1.807) is 19.0 Å². The average molecular weight is 143 g/mol. The SMILES string of the molecule is CN(C)C1=C(O)OC(=O)C1. The first-order valence-electron chi connectivity index (χ1n) is 2.91. The minimum atomic E-state index is -0.402. The van der Waals surface area contributed by atoms with E-state index in [2.05, 4.69) is 4.74 Å². The van der Waals surface area contributed by atoms with Gasteiger partial charge in [0, 0.05) is 14.1 Å². The maximum atomic E-state index is 10.5. The number of ether oxygens (including phenoxy) is 1. The van der Waals surface area contributed by atoms with Gasteiger partial charge in [0.15, 0.2) is 0 Å². The summed E-state index contributed by atoms with van der Waals surface area (Å²) in [5.41, 5.74) is 0.532. The number of carbonyl (C=O) groups is 1. The maximum Gasteiger partial charge on any atom is 0.319 e. The molecule has 1 heterocycles. The third-order valence-corrected chi connectivity index (χ3v) is 1.31. The molecule has 1 rings (SSSR count). The zero-order valence-electron chi connectivity index (χ0n) is 5.92. The van der Waals surface area contributed by atoms with E-state index in [4.69, 9.17) is 5.11 Å². The molecule has 1 aliphatic rings. The Balaban J connectivity index is 2.75. The van der Waals surface area contributed by atoms with Gasteiger partial charge in [0.1, 0.15) is 5.70 Å². The van der Waals surface area contributed by atoms with E-state index in [1.807, 2.05) is 0 Å². The topological polar surface area (TPSA) is 49.8 Å². The lowest BCUT2D eigenvalue weighted by molar-refractivity contribution is -0.139. The third kappa shape index (κ3) is 1.05. The van der Waals surface area contributed by atoms with Crippen LogP contribution in [0.2, 0.25) is 0 Å². The van der Waals surface area contributed by atoms with E-state index in [9.17, 15) is 4.79 Å². The molecule has 4 nitrogen and oxygen atoms in total. The molecule has 0 radical (unpaired) electrons. The van der Waals surface area contributed by atoms with Crippen molar-refractivity contribution in [1.82, 2.24) is 4.90 Å². The molecule has 0 aromatic heterocycles. The Morgan fingerprint density at radius 2 is 2.20 bits per heavy atom. The van der Waals surface area contributed by atoms with Crippen LogP contribution >= 0.6 is 0 Å². The molecular formula is C6H9NO3. The second-order valence-electron chi connectivity index (χ2n) is 2.30. The molecule has 0 saturated carbocycles. The monoisotopic (exact) mass is 143 g/mol. The van der Waals surface area contributed by atoms with Gasteiger partial charge in [-0.1, -0.05) is 0 Å². The summed E-state index contributed by atoms with van der Waals surface area (Å²) in [6.07, 6.45) is 0.166. The van der Waals surface area contributed by atoms with E-state index >= 15 is 0 Å². The number of nitrogens with zero attached hydrogens (tertiary/aromatic N) is 1. The molecule has 4 heteroatoms. The van der Waals surface area contributed by atoms with Gasteiger partial charge in [-0.2, -0.15) is 0 Å². The van der Waals surface area contributed by atoms with Crippen LogP contribution in [-0.4, -0.2) is 30.1 Å². The summed E-state index contributed by atoms with van der Waals surface area (Å²) in [4.78, 5) is 12.2. The van der Waals surface area contributed by atoms with Gasteiger partial charge in [-0.05, 0) is 0 Å². The normalized spacial score (nSPS) is 17.6. The molecule has 0 spiro atoms. The van der Waals surface area contributed by atoms with Crippen LogP contribution in [-0.2, 0) is 9.53 Å². The molecule has 56 valence electrons. The molecule has 0 aliphatic carbocycles. The van der Waals surface area contributed by atoms with Crippen LogP contribution in [0.25, 0.3) is 0 Å². The summed E-state index contributed by atoms with van der Waals surface area (Å²) < 4.78 is 4.39. The number of cyclic esters (lactones) is 1. The Kier molecular flexibility index (Phi) is 1.53. The standard InChI is InChI=1S/C6H9NO3/c1-7(2)4-3-5(8)10-6(4)9/h9H,3H2,1-2H3. The van der Waals surface area contributed by atoms with Crippen molar-refractivity contribution in [2.24, 2.45) is 0 Å². The highest BCUT2D eigenvalue weighted by molar-refractivity contribution is 5.76. The fraction of sp³-hybridized carbons (Fsp3) is 0.500. The minimum absolute atomic E-state index is 0.166. The molecule has 1 aliphatic heterocycles. The van der Waals surface area contributed by atoms with E-state index in [0.717, 1.165) is 0 Å². The van der Waals surface area contributed by atoms with Crippen molar-refractivity contribution >= 4 is 5.97 Å². The molecule has 0 saturated heterocycles. The number of hydrogen-bond acceptors (Lipinski definition) is 4. The van der Waals surface area contributed by atoms with Crippen LogP contribution in [0.5, 0.6) is 0 Å². The summed E-state index contributed by atoms with van der Waals surface area (Å²) in [6.45, 7) is 0.